The molecule has 0 nitrogen and oxygen atoms in total. The van der Waals surface area contributed by atoms with Crippen LogP contribution in [0.15, 0.2) is 36.4 Å². The molecule has 3 atom stereocenters. The highest BCUT2D eigenvalue weighted by atomic mass is 14.5. The SMILES string of the molecule is Cc1cc(C)c(B(c2c(C)cc(C)cc2C)C(C)C23C=CC(CC2)C3)c(C)c1. The lowest BCUT2D eigenvalue weighted by Crippen LogP contribution is -2.53. The number of aryl methyl sites for hydroxylation is 6. The summed E-state index contributed by atoms with van der Waals surface area (Å²) in [5, 5.41) is 0. The monoisotopic (exact) mass is 370 g/mol. The molecule has 2 aliphatic carbocycles. The van der Waals surface area contributed by atoms with Crippen molar-refractivity contribution in [3.05, 3.63) is 69.8 Å². The smallest absolute Gasteiger partial charge is 0.0848 e. The van der Waals surface area contributed by atoms with Gasteiger partial charge in [0.15, 0.2) is 0 Å². The maximum absolute atomic E-state index is 2.59. The van der Waals surface area contributed by atoms with Crippen LogP contribution in [0, 0.1) is 52.9 Å². The third-order valence-corrected chi connectivity index (χ3v) is 7.83. The van der Waals surface area contributed by atoms with Gasteiger partial charge in [-0.25, -0.2) is 0 Å². The standard InChI is InChI=1S/C27H35B/c1-17-12-19(3)25(20(4)13-17)28(26-21(5)14-18(2)15-22(26)6)23(7)27-10-8-24(16-27)9-11-27/h8,10,12-15,23-24H,9,11,16H2,1-7H3. The Hall–Kier alpha value is -1.76. The van der Waals surface area contributed by atoms with E-state index in [2.05, 4.69) is 84.9 Å². The molecule has 0 aliphatic heterocycles. The molecule has 1 saturated carbocycles. The first-order valence-corrected chi connectivity index (χ1v) is 11.1. The van der Waals surface area contributed by atoms with Crippen molar-refractivity contribution in [3.63, 3.8) is 0 Å². The summed E-state index contributed by atoms with van der Waals surface area (Å²) in [4.78, 5) is 0. The van der Waals surface area contributed by atoms with Crippen LogP contribution in [-0.4, -0.2) is 6.71 Å². The van der Waals surface area contributed by atoms with Gasteiger partial charge in [0.05, 0.1) is 0 Å². The molecule has 0 aromatic heterocycles. The van der Waals surface area contributed by atoms with Gasteiger partial charge in [0.1, 0.15) is 0 Å². The van der Waals surface area contributed by atoms with Crippen molar-refractivity contribution >= 4 is 17.6 Å². The van der Waals surface area contributed by atoms with Crippen molar-refractivity contribution in [2.24, 2.45) is 11.3 Å². The summed E-state index contributed by atoms with van der Waals surface area (Å²) in [5.41, 5.74) is 12.1. The first-order valence-electron chi connectivity index (χ1n) is 11.1. The molecule has 1 heteroatoms. The summed E-state index contributed by atoms with van der Waals surface area (Å²) >= 11 is 0. The number of hydrogen-bond donors (Lipinski definition) is 0. The molecule has 2 aromatic carbocycles. The number of hydrogen-bond acceptors (Lipinski definition) is 0. The molecule has 146 valence electrons. The van der Waals surface area contributed by atoms with Crippen LogP contribution in [-0.2, 0) is 0 Å². The van der Waals surface area contributed by atoms with E-state index in [0.29, 0.717) is 17.9 Å². The fraction of sp³-hybridized carbons (Fsp3) is 0.481. The van der Waals surface area contributed by atoms with Crippen LogP contribution in [0.2, 0.25) is 5.82 Å². The lowest BCUT2D eigenvalue weighted by molar-refractivity contribution is 0.385. The molecule has 2 bridgehead atoms. The Balaban J connectivity index is 1.94. The van der Waals surface area contributed by atoms with Gasteiger partial charge in [0.25, 0.3) is 0 Å². The zero-order chi connectivity index (χ0) is 20.2. The molecular formula is C27H35B. The number of allylic oxidation sites excluding steroid dienone is 2. The van der Waals surface area contributed by atoms with Crippen molar-refractivity contribution in [2.75, 3.05) is 0 Å². The van der Waals surface area contributed by atoms with Gasteiger partial charge in [-0.3, -0.25) is 0 Å². The molecule has 4 rings (SSSR count). The van der Waals surface area contributed by atoms with E-state index in [1.807, 2.05) is 0 Å². The van der Waals surface area contributed by atoms with Gasteiger partial charge < -0.3 is 0 Å². The topological polar surface area (TPSA) is 0 Å². The first kappa shape index (κ1) is 19.6. The van der Waals surface area contributed by atoms with Gasteiger partial charge >= 0.3 is 0 Å². The zero-order valence-corrected chi connectivity index (χ0v) is 18.8. The van der Waals surface area contributed by atoms with E-state index in [4.69, 9.17) is 0 Å². The molecule has 2 aliphatic rings. The van der Waals surface area contributed by atoms with E-state index in [9.17, 15) is 0 Å². The van der Waals surface area contributed by atoms with E-state index in [1.54, 1.807) is 10.9 Å². The normalized spacial score (nSPS) is 24.0. The average molecular weight is 370 g/mol. The number of fused-ring (bicyclic) bond motifs is 2. The van der Waals surface area contributed by atoms with E-state index in [1.165, 1.54) is 52.6 Å². The Bertz CT molecular complexity index is 847. The lowest BCUT2D eigenvalue weighted by atomic mass is 9.28. The zero-order valence-electron chi connectivity index (χ0n) is 18.8. The summed E-state index contributed by atoms with van der Waals surface area (Å²) in [6, 6.07) is 9.56. The third kappa shape index (κ3) is 3.08. The Kier molecular flexibility index (Phi) is 4.85. The van der Waals surface area contributed by atoms with Gasteiger partial charge in [-0.1, -0.05) is 87.6 Å². The highest BCUT2D eigenvalue weighted by Crippen LogP contribution is 2.56. The average Bonchev–Trinajstić information content (AvgIpc) is 3.20. The van der Waals surface area contributed by atoms with Crippen LogP contribution < -0.4 is 10.9 Å². The Morgan fingerprint density at radius 3 is 1.61 bits per heavy atom. The van der Waals surface area contributed by atoms with Crippen molar-refractivity contribution in [3.8, 4) is 0 Å². The maximum atomic E-state index is 2.59. The van der Waals surface area contributed by atoms with Crippen LogP contribution in [0.3, 0.4) is 0 Å². The Morgan fingerprint density at radius 2 is 1.29 bits per heavy atom. The third-order valence-electron chi connectivity index (χ3n) is 7.83. The van der Waals surface area contributed by atoms with Gasteiger partial charge in [-0.2, -0.15) is 0 Å². The predicted octanol–water partition coefficient (Wildman–Crippen LogP) is 5.89. The summed E-state index contributed by atoms with van der Waals surface area (Å²) in [6.07, 6.45) is 9.21. The van der Waals surface area contributed by atoms with E-state index in [0.717, 1.165) is 5.92 Å². The molecule has 0 heterocycles. The Labute approximate surface area is 172 Å². The number of rotatable bonds is 4. The second-order valence-corrected chi connectivity index (χ2v) is 9.99. The largest absolute Gasteiger partial charge is 0.214 e. The second-order valence-electron chi connectivity index (χ2n) is 9.99. The van der Waals surface area contributed by atoms with Crippen LogP contribution in [0.4, 0.5) is 0 Å². The minimum atomic E-state index is 0.378. The van der Waals surface area contributed by atoms with Crippen molar-refractivity contribution < 1.29 is 0 Å². The first-order chi connectivity index (χ1) is 13.2. The highest BCUT2D eigenvalue weighted by Gasteiger charge is 2.49. The van der Waals surface area contributed by atoms with Gasteiger partial charge in [-0.15, -0.1) is 0 Å². The molecule has 28 heavy (non-hydrogen) atoms. The van der Waals surface area contributed by atoms with E-state index in [-0.39, 0.29) is 0 Å². The van der Waals surface area contributed by atoms with Crippen LogP contribution in [0.1, 0.15) is 59.6 Å². The van der Waals surface area contributed by atoms with E-state index < -0.39 is 0 Å². The van der Waals surface area contributed by atoms with Crippen molar-refractivity contribution in [2.45, 2.75) is 73.5 Å². The highest BCUT2D eigenvalue weighted by molar-refractivity contribution is 6.87. The van der Waals surface area contributed by atoms with Crippen molar-refractivity contribution in [1.29, 1.82) is 0 Å². The van der Waals surface area contributed by atoms with Gasteiger partial charge in [-0.05, 0) is 78.0 Å². The van der Waals surface area contributed by atoms with E-state index >= 15 is 0 Å². The molecular weight excluding hydrogens is 335 g/mol. The summed E-state index contributed by atoms with van der Waals surface area (Å²) in [6.45, 7) is 16.8. The second kappa shape index (κ2) is 6.94. The summed E-state index contributed by atoms with van der Waals surface area (Å²) in [5.74, 6) is 1.43. The molecule has 0 spiro atoms. The minimum Gasteiger partial charge on any atom is -0.0848 e. The lowest BCUT2D eigenvalue weighted by Gasteiger charge is -2.38. The summed E-state index contributed by atoms with van der Waals surface area (Å²) in [7, 11) is 0. The fourth-order valence-corrected chi connectivity index (χ4v) is 6.69. The Morgan fingerprint density at radius 1 is 0.821 bits per heavy atom. The fourth-order valence-electron chi connectivity index (χ4n) is 6.69. The van der Waals surface area contributed by atoms with Crippen LogP contribution in [0.25, 0.3) is 0 Å². The predicted molar refractivity (Wildman–Crippen MR) is 125 cm³/mol. The molecule has 0 N–H and O–H groups in total. The minimum absolute atomic E-state index is 0.378. The van der Waals surface area contributed by atoms with Crippen LogP contribution >= 0.6 is 0 Å². The molecule has 2 aromatic rings. The van der Waals surface area contributed by atoms with Crippen LogP contribution in [0.5, 0.6) is 0 Å². The molecule has 3 unspecified atom stereocenters. The van der Waals surface area contributed by atoms with Crippen molar-refractivity contribution in [1.82, 2.24) is 0 Å². The number of benzene rings is 2. The maximum Gasteiger partial charge on any atom is 0.214 e. The van der Waals surface area contributed by atoms with Gasteiger partial charge in [0, 0.05) is 0 Å². The molecule has 1 fully saturated rings. The molecule has 0 amide bonds. The summed E-state index contributed by atoms with van der Waals surface area (Å²) < 4.78 is 0. The molecule has 0 saturated heterocycles. The quantitative estimate of drug-likeness (QED) is 0.465. The van der Waals surface area contributed by atoms with Gasteiger partial charge in [0.2, 0.25) is 6.71 Å². The molecule has 0 radical (unpaired) electrons.